The fourth-order valence-electron chi connectivity index (χ4n) is 1.09. The van der Waals surface area contributed by atoms with Crippen molar-refractivity contribution < 1.29 is 19.7 Å². The quantitative estimate of drug-likeness (QED) is 0.361. The Morgan fingerprint density at radius 3 is 2.67 bits per heavy atom. The second-order valence-corrected chi connectivity index (χ2v) is 3.55. The van der Waals surface area contributed by atoms with Crippen molar-refractivity contribution in [3.8, 4) is 0 Å². The lowest BCUT2D eigenvalue weighted by molar-refractivity contribution is -0.144. The maximum absolute atomic E-state index is 11.0. The van der Waals surface area contributed by atoms with Gasteiger partial charge >= 0.3 is 5.97 Å². The highest BCUT2D eigenvalue weighted by Gasteiger charge is 2.06. The molecule has 0 aliphatic heterocycles. The molecule has 0 aliphatic carbocycles. The summed E-state index contributed by atoms with van der Waals surface area (Å²) in [6.07, 6.45) is 1.95. The third-order valence-electron chi connectivity index (χ3n) is 2.03. The highest BCUT2D eigenvalue weighted by atomic mass is 16.5. The van der Waals surface area contributed by atoms with Gasteiger partial charge in [-0.25, -0.2) is 0 Å². The largest absolute Gasteiger partial charge is 0.463 e. The summed E-state index contributed by atoms with van der Waals surface area (Å²) in [6.45, 7) is 5.34. The topological polar surface area (TPSA) is 66.8 Å². The van der Waals surface area contributed by atoms with Crippen molar-refractivity contribution in [1.29, 1.82) is 0 Å². The van der Waals surface area contributed by atoms with Gasteiger partial charge in [0.25, 0.3) is 0 Å². The molecule has 2 N–H and O–H groups in total. The number of unbranched alkanes of at least 4 members (excludes halogenated alkanes) is 1. The Bertz CT molecular complexity index is 201. The molecule has 0 spiro atoms. The Kier molecular flexibility index (Phi) is 7.95. The molecule has 0 amide bonds. The lowest BCUT2D eigenvalue weighted by Gasteiger charge is -2.09. The Hall–Kier alpha value is -0.870. The minimum atomic E-state index is -0.474. The van der Waals surface area contributed by atoms with E-state index < -0.39 is 6.10 Å². The first-order valence-electron chi connectivity index (χ1n) is 5.18. The van der Waals surface area contributed by atoms with Gasteiger partial charge in [0, 0.05) is 6.42 Å². The van der Waals surface area contributed by atoms with Crippen LogP contribution in [0.25, 0.3) is 0 Å². The van der Waals surface area contributed by atoms with E-state index in [4.69, 9.17) is 5.11 Å². The average Bonchev–Trinajstić information content (AvgIpc) is 2.20. The van der Waals surface area contributed by atoms with E-state index >= 15 is 0 Å². The van der Waals surface area contributed by atoms with E-state index in [0.717, 1.165) is 12.0 Å². The molecule has 4 heteroatoms. The van der Waals surface area contributed by atoms with E-state index in [1.807, 2.05) is 0 Å². The van der Waals surface area contributed by atoms with Crippen molar-refractivity contribution in [2.24, 2.45) is 0 Å². The van der Waals surface area contributed by atoms with Crippen LogP contribution in [-0.4, -0.2) is 35.5 Å². The maximum atomic E-state index is 11.0. The number of esters is 1. The Morgan fingerprint density at radius 2 is 2.13 bits per heavy atom. The predicted octanol–water partition coefficient (Wildman–Crippen LogP) is 1.02. The third kappa shape index (κ3) is 8.15. The van der Waals surface area contributed by atoms with Crippen LogP contribution in [0.1, 0.15) is 32.6 Å². The van der Waals surface area contributed by atoms with Crippen LogP contribution in [-0.2, 0) is 9.53 Å². The predicted molar refractivity (Wildman–Crippen MR) is 57.3 cm³/mol. The standard InChI is InChI=1S/C11H20O4/c1-9(2)10(13)5-3-4-6-11(14)15-8-7-12/h10,12-13H,1,3-8H2,2H3. The molecule has 0 aliphatic rings. The molecule has 88 valence electrons. The van der Waals surface area contributed by atoms with Crippen LogP contribution < -0.4 is 0 Å². The van der Waals surface area contributed by atoms with Crippen molar-refractivity contribution in [2.45, 2.75) is 38.7 Å². The molecule has 0 saturated heterocycles. The summed E-state index contributed by atoms with van der Waals surface area (Å²) in [6, 6.07) is 0. The number of aliphatic hydroxyl groups excluding tert-OH is 2. The summed E-state index contributed by atoms with van der Waals surface area (Å²) in [7, 11) is 0. The van der Waals surface area contributed by atoms with Gasteiger partial charge in [0.05, 0.1) is 12.7 Å². The minimum Gasteiger partial charge on any atom is -0.463 e. The molecule has 15 heavy (non-hydrogen) atoms. The molecule has 0 bridgehead atoms. The van der Waals surface area contributed by atoms with Crippen molar-refractivity contribution >= 4 is 5.97 Å². The molecule has 0 saturated carbocycles. The van der Waals surface area contributed by atoms with E-state index in [-0.39, 0.29) is 19.2 Å². The van der Waals surface area contributed by atoms with Gasteiger partial charge in [-0.05, 0) is 26.2 Å². The Morgan fingerprint density at radius 1 is 1.47 bits per heavy atom. The molecule has 0 heterocycles. The third-order valence-corrected chi connectivity index (χ3v) is 2.03. The molecule has 0 radical (unpaired) electrons. The van der Waals surface area contributed by atoms with Gasteiger partial charge in [-0.3, -0.25) is 4.79 Å². The molecule has 0 rings (SSSR count). The summed E-state index contributed by atoms with van der Waals surface area (Å²) in [5.74, 6) is -0.297. The Labute approximate surface area is 90.6 Å². The van der Waals surface area contributed by atoms with E-state index in [0.29, 0.717) is 19.3 Å². The smallest absolute Gasteiger partial charge is 0.305 e. The number of hydrogen-bond donors (Lipinski definition) is 2. The SMILES string of the molecule is C=C(C)C(O)CCCCC(=O)OCCO. The Balaban J connectivity index is 3.38. The number of hydrogen-bond acceptors (Lipinski definition) is 4. The molecule has 4 nitrogen and oxygen atoms in total. The zero-order chi connectivity index (χ0) is 11.7. The van der Waals surface area contributed by atoms with E-state index in [2.05, 4.69) is 11.3 Å². The van der Waals surface area contributed by atoms with Crippen LogP contribution in [0, 0.1) is 0 Å². The van der Waals surface area contributed by atoms with E-state index in [1.165, 1.54) is 0 Å². The van der Waals surface area contributed by atoms with Gasteiger partial charge in [-0.2, -0.15) is 0 Å². The molecular formula is C11H20O4. The lowest BCUT2D eigenvalue weighted by atomic mass is 10.1. The monoisotopic (exact) mass is 216 g/mol. The van der Waals surface area contributed by atoms with Crippen LogP contribution in [0.3, 0.4) is 0 Å². The van der Waals surface area contributed by atoms with Crippen molar-refractivity contribution in [2.75, 3.05) is 13.2 Å². The maximum Gasteiger partial charge on any atom is 0.305 e. The minimum absolute atomic E-state index is 0.0627. The summed E-state index contributed by atoms with van der Waals surface area (Å²) in [4.78, 5) is 11.0. The van der Waals surface area contributed by atoms with Gasteiger partial charge in [0.2, 0.25) is 0 Å². The first kappa shape index (κ1) is 14.1. The molecule has 1 unspecified atom stereocenters. The summed E-state index contributed by atoms with van der Waals surface area (Å²) in [5, 5.41) is 17.8. The summed E-state index contributed by atoms with van der Waals surface area (Å²) >= 11 is 0. The van der Waals surface area contributed by atoms with Gasteiger partial charge in [0.15, 0.2) is 0 Å². The number of aliphatic hydroxyl groups is 2. The van der Waals surface area contributed by atoms with Gasteiger partial charge in [0.1, 0.15) is 6.61 Å². The van der Waals surface area contributed by atoms with Crippen LogP contribution in [0.5, 0.6) is 0 Å². The van der Waals surface area contributed by atoms with E-state index in [1.54, 1.807) is 6.92 Å². The van der Waals surface area contributed by atoms with Crippen molar-refractivity contribution in [3.05, 3.63) is 12.2 Å². The number of carbonyl (C=O) groups excluding carboxylic acids is 1. The molecule has 0 aromatic carbocycles. The second-order valence-electron chi connectivity index (χ2n) is 3.55. The molecule has 0 fully saturated rings. The van der Waals surface area contributed by atoms with E-state index in [9.17, 15) is 9.90 Å². The van der Waals surface area contributed by atoms with Gasteiger partial charge < -0.3 is 14.9 Å². The normalized spacial score (nSPS) is 12.2. The van der Waals surface area contributed by atoms with Crippen LogP contribution in [0.4, 0.5) is 0 Å². The summed E-state index contributed by atoms with van der Waals surface area (Å²) in [5.41, 5.74) is 0.748. The van der Waals surface area contributed by atoms with Crippen LogP contribution in [0.15, 0.2) is 12.2 Å². The number of rotatable bonds is 8. The highest BCUT2D eigenvalue weighted by Crippen LogP contribution is 2.09. The summed E-state index contributed by atoms with van der Waals surface area (Å²) < 4.78 is 4.68. The molecule has 0 aromatic heterocycles. The second kappa shape index (κ2) is 8.44. The molecule has 0 aromatic rings. The number of carbonyl (C=O) groups is 1. The zero-order valence-corrected chi connectivity index (χ0v) is 9.24. The van der Waals surface area contributed by atoms with Crippen molar-refractivity contribution in [1.82, 2.24) is 0 Å². The molecular weight excluding hydrogens is 196 g/mol. The first-order valence-corrected chi connectivity index (χ1v) is 5.18. The first-order chi connectivity index (χ1) is 7.07. The van der Waals surface area contributed by atoms with Gasteiger partial charge in [-0.1, -0.05) is 12.2 Å². The zero-order valence-electron chi connectivity index (χ0n) is 9.24. The highest BCUT2D eigenvalue weighted by molar-refractivity contribution is 5.69. The van der Waals surface area contributed by atoms with Gasteiger partial charge in [-0.15, -0.1) is 0 Å². The fraction of sp³-hybridized carbons (Fsp3) is 0.727. The fourth-order valence-corrected chi connectivity index (χ4v) is 1.09. The van der Waals surface area contributed by atoms with Crippen LogP contribution in [0.2, 0.25) is 0 Å². The average molecular weight is 216 g/mol. The lowest BCUT2D eigenvalue weighted by Crippen LogP contribution is -2.09. The molecule has 1 atom stereocenters. The number of ether oxygens (including phenoxy) is 1. The van der Waals surface area contributed by atoms with Crippen LogP contribution >= 0.6 is 0 Å². The van der Waals surface area contributed by atoms with Crippen molar-refractivity contribution in [3.63, 3.8) is 0 Å².